The first-order valence-electron chi connectivity index (χ1n) is 5.56. The molecule has 1 saturated heterocycles. The van der Waals surface area contributed by atoms with Crippen LogP contribution < -0.4 is 5.32 Å². The van der Waals surface area contributed by atoms with Gasteiger partial charge in [-0.2, -0.15) is 11.8 Å². The lowest BCUT2D eigenvalue weighted by atomic mass is 10.4. The second-order valence-electron chi connectivity index (χ2n) is 3.80. The van der Waals surface area contributed by atoms with Crippen molar-refractivity contribution in [3.63, 3.8) is 0 Å². The van der Waals surface area contributed by atoms with Crippen molar-refractivity contribution < 1.29 is 9.59 Å². The molecule has 7 heteroatoms. The molecule has 1 N–H and O–H groups in total. The molecule has 1 aliphatic rings. The summed E-state index contributed by atoms with van der Waals surface area (Å²) in [6.07, 6.45) is 0.840. The number of amides is 3. The van der Waals surface area contributed by atoms with Crippen LogP contribution in [0, 0.1) is 0 Å². The van der Waals surface area contributed by atoms with E-state index in [2.05, 4.69) is 26.6 Å². The Morgan fingerprint density at radius 3 is 2.94 bits per heavy atom. The van der Waals surface area contributed by atoms with Gasteiger partial charge in [0, 0.05) is 21.6 Å². The van der Waals surface area contributed by atoms with Crippen LogP contribution in [0.2, 0.25) is 0 Å². The van der Waals surface area contributed by atoms with Gasteiger partial charge in [-0.15, -0.1) is 11.3 Å². The molecular weight excluding hydrogens is 336 g/mol. The topological polar surface area (TPSA) is 49.4 Å². The van der Waals surface area contributed by atoms with Crippen LogP contribution in [0.15, 0.2) is 15.9 Å². The maximum Gasteiger partial charge on any atom is 0.324 e. The fraction of sp³-hybridized carbons (Fsp3) is 0.455. The first-order valence-corrected chi connectivity index (χ1v) is 8.39. The largest absolute Gasteiger partial charge is 0.329 e. The van der Waals surface area contributed by atoms with Crippen LogP contribution in [0.1, 0.15) is 11.3 Å². The third-order valence-electron chi connectivity index (χ3n) is 2.53. The molecule has 0 radical (unpaired) electrons. The Morgan fingerprint density at radius 2 is 2.33 bits per heavy atom. The molecule has 0 unspecified atom stereocenters. The molecule has 98 valence electrons. The van der Waals surface area contributed by atoms with Gasteiger partial charge in [0.15, 0.2) is 0 Å². The fourth-order valence-corrected chi connectivity index (χ4v) is 4.40. The van der Waals surface area contributed by atoms with Crippen LogP contribution in [0.3, 0.4) is 0 Å². The average Bonchev–Trinajstić information content (AvgIpc) is 2.88. The predicted octanol–water partition coefficient (Wildman–Crippen LogP) is 2.69. The van der Waals surface area contributed by atoms with Crippen molar-refractivity contribution in [2.45, 2.75) is 12.2 Å². The lowest BCUT2D eigenvalue weighted by Gasteiger charge is -2.11. The number of hydrogen-bond donors (Lipinski definition) is 1. The van der Waals surface area contributed by atoms with Gasteiger partial charge in [-0.05, 0) is 39.6 Å². The Bertz CT molecular complexity index is 434. The Balaban J connectivity index is 1.63. The lowest BCUT2D eigenvalue weighted by molar-refractivity contribution is -0.124. The highest BCUT2D eigenvalue weighted by atomic mass is 79.9. The van der Waals surface area contributed by atoms with Crippen molar-refractivity contribution in [3.8, 4) is 0 Å². The molecule has 1 aromatic heterocycles. The van der Waals surface area contributed by atoms with E-state index in [1.807, 2.05) is 17.8 Å². The summed E-state index contributed by atoms with van der Waals surface area (Å²) < 4.78 is 1.16. The van der Waals surface area contributed by atoms with E-state index in [0.29, 0.717) is 6.54 Å². The van der Waals surface area contributed by atoms with E-state index in [4.69, 9.17) is 0 Å². The standard InChI is InChI=1S/C11H13BrN2O2S2/c12-8-2-5-18-9(8)7-17-4-1-3-14-10(15)6-13-11(14)16/h2,5H,1,3-4,6-7H2,(H,13,16). The summed E-state index contributed by atoms with van der Waals surface area (Å²) in [7, 11) is 0. The number of rotatable bonds is 6. The van der Waals surface area contributed by atoms with Crippen molar-refractivity contribution >= 4 is 51.0 Å². The second-order valence-corrected chi connectivity index (χ2v) is 6.76. The molecule has 0 saturated carbocycles. The maximum absolute atomic E-state index is 11.3. The average molecular weight is 349 g/mol. The Morgan fingerprint density at radius 1 is 1.50 bits per heavy atom. The minimum Gasteiger partial charge on any atom is -0.329 e. The van der Waals surface area contributed by atoms with Gasteiger partial charge in [0.25, 0.3) is 0 Å². The molecule has 4 nitrogen and oxygen atoms in total. The predicted molar refractivity (Wildman–Crippen MR) is 77.9 cm³/mol. The van der Waals surface area contributed by atoms with Gasteiger partial charge < -0.3 is 5.32 Å². The zero-order valence-electron chi connectivity index (χ0n) is 9.65. The van der Waals surface area contributed by atoms with Crippen LogP contribution in [0.5, 0.6) is 0 Å². The van der Waals surface area contributed by atoms with Gasteiger partial charge in [0.1, 0.15) is 0 Å². The number of imide groups is 1. The van der Waals surface area contributed by atoms with Crippen molar-refractivity contribution in [2.24, 2.45) is 0 Å². The minimum atomic E-state index is -0.258. The molecular formula is C11H13BrN2O2S2. The highest BCUT2D eigenvalue weighted by Crippen LogP contribution is 2.27. The molecule has 1 fully saturated rings. The van der Waals surface area contributed by atoms with E-state index >= 15 is 0 Å². The van der Waals surface area contributed by atoms with Gasteiger partial charge >= 0.3 is 6.03 Å². The molecule has 1 aromatic rings. The van der Waals surface area contributed by atoms with E-state index in [1.165, 1.54) is 9.78 Å². The van der Waals surface area contributed by atoms with Gasteiger partial charge in [-0.1, -0.05) is 0 Å². The summed E-state index contributed by atoms with van der Waals surface area (Å²) in [5.74, 6) is 1.80. The number of carbonyl (C=O) groups excluding carboxylic acids is 2. The third kappa shape index (κ3) is 3.49. The fourth-order valence-electron chi connectivity index (χ4n) is 1.60. The summed E-state index contributed by atoms with van der Waals surface area (Å²) in [5.41, 5.74) is 0. The number of carbonyl (C=O) groups is 2. The van der Waals surface area contributed by atoms with Crippen molar-refractivity contribution in [2.75, 3.05) is 18.8 Å². The van der Waals surface area contributed by atoms with Crippen LogP contribution in [0.25, 0.3) is 0 Å². The molecule has 2 heterocycles. The molecule has 0 spiro atoms. The third-order valence-corrected chi connectivity index (χ3v) is 5.71. The Kier molecular flexibility index (Phi) is 5.08. The van der Waals surface area contributed by atoms with E-state index in [9.17, 15) is 9.59 Å². The number of urea groups is 1. The molecule has 0 bridgehead atoms. The summed E-state index contributed by atoms with van der Waals surface area (Å²) in [6.45, 7) is 0.664. The number of thiophene rings is 1. The van der Waals surface area contributed by atoms with E-state index in [-0.39, 0.29) is 18.5 Å². The minimum absolute atomic E-state index is 0.119. The normalized spacial score (nSPS) is 15.3. The molecule has 0 aromatic carbocycles. The maximum atomic E-state index is 11.3. The van der Waals surface area contributed by atoms with Gasteiger partial charge in [-0.3, -0.25) is 9.69 Å². The lowest BCUT2D eigenvalue weighted by Crippen LogP contribution is -2.32. The van der Waals surface area contributed by atoms with E-state index in [0.717, 1.165) is 22.4 Å². The summed E-state index contributed by atoms with van der Waals surface area (Å²) in [4.78, 5) is 25.2. The molecule has 18 heavy (non-hydrogen) atoms. The van der Waals surface area contributed by atoms with Gasteiger partial charge in [0.05, 0.1) is 6.54 Å². The van der Waals surface area contributed by atoms with Crippen molar-refractivity contribution in [3.05, 3.63) is 20.8 Å². The summed E-state index contributed by atoms with van der Waals surface area (Å²) in [6, 6.07) is 1.79. The quantitative estimate of drug-likeness (QED) is 0.635. The van der Waals surface area contributed by atoms with Crippen LogP contribution >= 0.6 is 39.0 Å². The second kappa shape index (κ2) is 6.58. The molecule has 2 rings (SSSR count). The monoisotopic (exact) mass is 348 g/mol. The SMILES string of the molecule is O=C1CNC(=O)N1CCCSCc1sccc1Br. The van der Waals surface area contributed by atoms with Gasteiger partial charge in [0.2, 0.25) is 5.91 Å². The number of hydrogen-bond acceptors (Lipinski definition) is 4. The van der Waals surface area contributed by atoms with Crippen LogP contribution in [0.4, 0.5) is 4.79 Å². The van der Waals surface area contributed by atoms with Crippen LogP contribution in [-0.4, -0.2) is 35.7 Å². The number of nitrogens with zero attached hydrogens (tertiary/aromatic N) is 1. The molecule has 0 atom stereocenters. The number of halogens is 1. The summed E-state index contributed by atoms with van der Waals surface area (Å²) in [5, 5.41) is 4.58. The highest BCUT2D eigenvalue weighted by Gasteiger charge is 2.27. The number of thioether (sulfide) groups is 1. The molecule has 3 amide bonds. The van der Waals surface area contributed by atoms with E-state index < -0.39 is 0 Å². The Hall–Kier alpha value is -0.530. The van der Waals surface area contributed by atoms with Gasteiger partial charge in [-0.25, -0.2) is 4.79 Å². The van der Waals surface area contributed by atoms with Crippen molar-refractivity contribution in [1.82, 2.24) is 10.2 Å². The molecule has 1 aliphatic heterocycles. The van der Waals surface area contributed by atoms with Crippen LogP contribution in [-0.2, 0) is 10.5 Å². The first kappa shape index (κ1) is 13.9. The smallest absolute Gasteiger partial charge is 0.324 e. The zero-order valence-corrected chi connectivity index (χ0v) is 12.9. The van der Waals surface area contributed by atoms with Crippen molar-refractivity contribution in [1.29, 1.82) is 0 Å². The highest BCUT2D eigenvalue weighted by molar-refractivity contribution is 9.10. The first-order chi connectivity index (χ1) is 8.68. The molecule has 0 aliphatic carbocycles. The number of nitrogens with one attached hydrogen (secondary N) is 1. The zero-order chi connectivity index (χ0) is 13.0. The summed E-state index contributed by atoms with van der Waals surface area (Å²) >= 11 is 7.06. The van der Waals surface area contributed by atoms with E-state index in [1.54, 1.807) is 11.3 Å². The Labute approximate surface area is 122 Å².